The molecule has 1 atom stereocenters. The largest absolute Gasteiger partial charge is 0.336 e. The molecular weight excluding hydrogens is 426 g/mol. The van der Waals surface area contributed by atoms with E-state index in [1.54, 1.807) is 23.9 Å². The fourth-order valence-corrected chi connectivity index (χ4v) is 6.05. The van der Waals surface area contributed by atoms with E-state index in [2.05, 4.69) is 34.7 Å². The predicted molar refractivity (Wildman–Crippen MR) is 121 cm³/mol. The minimum absolute atomic E-state index is 0.149. The number of carbonyl (C=O) groups is 2. The number of anilines is 1. The number of nitrogens with zero attached hydrogens (tertiary/aromatic N) is 1. The van der Waals surface area contributed by atoms with Gasteiger partial charge in [-0.15, -0.1) is 11.3 Å². The van der Waals surface area contributed by atoms with Crippen molar-refractivity contribution in [1.82, 2.24) is 10.2 Å². The van der Waals surface area contributed by atoms with Crippen LogP contribution in [0.5, 0.6) is 0 Å². The van der Waals surface area contributed by atoms with Crippen LogP contribution in [-0.4, -0.2) is 53.9 Å². The molecule has 1 aromatic carbocycles. The number of hydrogen-bond donors (Lipinski definition) is 2. The number of benzene rings is 1. The van der Waals surface area contributed by atoms with Gasteiger partial charge in [0, 0.05) is 24.5 Å². The fourth-order valence-electron chi connectivity index (χ4n) is 3.78. The highest BCUT2D eigenvalue weighted by atomic mass is 35.5. The third-order valence-corrected chi connectivity index (χ3v) is 8.02. The Morgan fingerprint density at radius 3 is 2.62 bits per heavy atom. The first-order chi connectivity index (χ1) is 13.9. The van der Waals surface area contributed by atoms with Gasteiger partial charge >= 0.3 is 0 Å². The molecule has 1 fully saturated rings. The molecule has 29 heavy (non-hydrogen) atoms. The first-order valence-electron chi connectivity index (χ1n) is 9.73. The van der Waals surface area contributed by atoms with Gasteiger partial charge in [-0.25, -0.2) is 0 Å². The molecule has 1 unspecified atom stereocenters. The van der Waals surface area contributed by atoms with E-state index < -0.39 is 5.54 Å². The second kappa shape index (κ2) is 8.68. The van der Waals surface area contributed by atoms with Crippen molar-refractivity contribution in [2.45, 2.75) is 24.8 Å². The van der Waals surface area contributed by atoms with Crippen LogP contribution in [0, 0.1) is 0 Å². The van der Waals surface area contributed by atoms with Crippen LogP contribution in [0.3, 0.4) is 0 Å². The number of nitrogens with one attached hydrogen (secondary N) is 2. The second-order valence-electron chi connectivity index (χ2n) is 7.68. The molecule has 2 N–H and O–H groups in total. The molecule has 0 radical (unpaired) electrons. The van der Waals surface area contributed by atoms with Crippen molar-refractivity contribution >= 4 is 52.2 Å². The van der Waals surface area contributed by atoms with Gasteiger partial charge < -0.3 is 15.5 Å². The molecule has 1 saturated heterocycles. The zero-order valence-corrected chi connectivity index (χ0v) is 18.7. The molecule has 1 aromatic heterocycles. The van der Waals surface area contributed by atoms with Crippen LogP contribution in [0.4, 0.5) is 5.69 Å². The lowest BCUT2D eigenvalue weighted by Gasteiger charge is -2.28. The lowest BCUT2D eigenvalue weighted by Crippen LogP contribution is -2.57. The highest BCUT2D eigenvalue weighted by molar-refractivity contribution is 7.99. The van der Waals surface area contributed by atoms with Crippen molar-refractivity contribution in [3.63, 3.8) is 0 Å². The zero-order valence-electron chi connectivity index (χ0n) is 16.3. The first-order valence-corrected chi connectivity index (χ1v) is 12.1. The summed E-state index contributed by atoms with van der Waals surface area (Å²) in [4.78, 5) is 28.8. The minimum atomic E-state index is -0.898. The Hall–Kier alpha value is -1.54. The van der Waals surface area contributed by atoms with Crippen LogP contribution in [0.15, 0.2) is 30.3 Å². The number of thiophene rings is 1. The van der Waals surface area contributed by atoms with Gasteiger partial charge in [0.1, 0.15) is 5.54 Å². The monoisotopic (exact) mass is 449 g/mol. The van der Waals surface area contributed by atoms with Crippen LogP contribution >= 0.6 is 34.7 Å². The summed E-state index contributed by atoms with van der Waals surface area (Å²) in [7, 11) is 2.14. The lowest BCUT2D eigenvalue weighted by molar-refractivity contribution is -0.121. The Bertz CT molecular complexity index is 924. The Morgan fingerprint density at radius 1 is 1.14 bits per heavy atom. The summed E-state index contributed by atoms with van der Waals surface area (Å²) in [6.45, 7) is 2.07. The molecule has 2 aliphatic rings. The Labute approximate surface area is 184 Å². The van der Waals surface area contributed by atoms with Gasteiger partial charge in [0.25, 0.3) is 11.8 Å². The summed E-state index contributed by atoms with van der Waals surface area (Å²) < 4.78 is 0.560. The van der Waals surface area contributed by atoms with Crippen LogP contribution in [0.1, 0.15) is 27.2 Å². The minimum Gasteiger partial charge on any atom is -0.336 e. The number of carbonyl (C=O) groups excluding carboxylic acids is 2. The van der Waals surface area contributed by atoms with Gasteiger partial charge in [-0.05, 0) is 67.5 Å². The Balaban J connectivity index is 1.50. The van der Waals surface area contributed by atoms with Crippen LogP contribution in [-0.2, 0) is 17.6 Å². The molecular formula is C21H24ClN3O2S2. The number of hydrogen-bond acceptors (Lipinski definition) is 5. The maximum atomic E-state index is 13.2. The molecule has 2 aromatic rings. The number of amides is 2. The number of halogens is 1. The van der Waals surface area contributed by atoms with Gasteiger partial charge in [0.15, 0.2) is 0 Å². The molecule has 4 rings (SSSR count). The summed E-state index contributed by atoms with van der Waals surface area (Å²) in [5.41, 5.74) is 2.54. The van der Waals surface area contributed by atoms with Crippen molar-refractivity contribution in [2.24, 2.45) is 0 Å². The third kappa shape index (κ3) is 4.63. The molecule has 0 bridgehead atoms. The average Bonchev–Trinajstić information content (AvgIpc) is 3.31. The van der Waals surface area contributed by atoms with E-state index in [0.29, 0.717) is 21.4 Å². The van der Waals surface area contributed by atoms with E-state index in [1.165, 1.54) is 22.5 Å². The van der Waals surface area contributed by atoms with E-state index >= 15 is 0 Å². The Morgan fingerprint density at radius 2 is 1.93 bits per heavy atom. The highest BCUT2D eigenvalue weighted by Gasteiger charge is 2.43. The number of rotatable bonds is 4. The molecule has 2 aliphatic heterocycles. The van der Waals surface area contributed by atoms with Crippen molar-refractivity contribution < 1.29 is 9.59 Å². The summed E-state index contributed by atoms with van der Waals surface area (Å²) in [6, 6.07) is 9.57. The molecule has 0 saturated carbocycles. The summed E-state index contributed by atoms with van der Waals surface area (Å²) in [5.74, 6) is 1.02. The SMILES string of the molecule is CN1CCc2ccc(NC(=O)C3(NC(=O)c4ccc(Cl)s4)CCSC3)cc2CC1. The van der Waals surface area contributed by atoms with Crippen molar-refractivity contribution in [1.29, 1.82) is 0 Å². The van der Waals surface area contributed by atoms with Crippen LogP contribution < -0.4 is 10.6 Å². The molecule has 154 valence electrons. The molecule has 2 amide bonds. The zero-order chi connectivity index (χ0) is 20.4. The van der Waals surface area contributed by atoms with Crippen LogP contribution in [0.2, 0.25) is 4.34 Å². The van der Waals surface area contributed by atoms with Gasteiger partial charge in [-0.1, -0.05) is 17.7 Å². The van der Waals surface area contributed by atoms with Crippen LogP contribution in [0.25, 0.3) is 0 Å². The summed E-state index contributed by atoms with van der Waals surface area (Å²) >= 11 is 8.86. The molecule has 0 spiro atoms. The molecule has 5 nitrogen and oxygen atoms in total. The van der Waals surface area contributed by atoms with E-state index in [1.807, 2.05) is 6.07 Å². The normalized spacial score (nSPS) is 22.0. The van der Waals surface area contributed by atoms with E-state index in [9.17, 15) is 9.59 Å². The average molecular weight is 450 g/mol. The van der Waals surface area contributed by atoms with E-state index in [0.717, 1.165) is 37.4 Å². The van der Waals surface area contributed by atoms with Crippen molar-refractivity contribution in [3.8, 4) is 0 Å². The summed E-state index contributed by atoms with van der Waals surface area (Å²) in [6.07, 6.45) is 2.62. The Kier molecular flexibility index (Phi) is 6.20. The fraction of sp³-hybridized carbons (Fsp3) is 0.429. The van der Waals surface area contributed by atoms with E-state index in [4.69, 9.17) is 11.6 Å². The van der Waals surface area contributed by atoms with Gasteiger partial charge in [-0.2, -0.15) is 11.8 Å². The van der Waals surface area contributed by atoms with Gasteiger partial charge in [0.05, 0.1) is 9.21 Å². The molecule has 8 heteroatoms. The van der Waals surface area contributed by atoms with Gasteiger partial charge in [-0.3, -0.25) is 9.59 Å². The van der Waals surface area contributed by atoms with Crippen molar-refractivity contribution in [3.05, 3.63) is 50.7 Å². The number of thioether (sulfide) groups is 1. The number of likely N-dealkylation sites (N-methyl/N-ethyl adjacent to an activating group) is 1. The molecule has 0 aliphatic carbocycles. The first kappa shape index (κ1) is 20.7. The molecule has 3 heterocycles. The topological polar surface area (TPSA) is 61.4 Å². The quantitative estimate of drug-likeness (QED) is 0.747. The third-order valence-electron chi connectivity index (χ3n) is 5.60. The number of fused-ring (bicyclic) bond motifs is 1. The lowest BCUT2D eigenvalue weighted by atomic mass is 9.96. The second-order valence-corrected chi connectivity index (χ2v) is 10.5. The van der Waals surface area contributed by atoms with Gasteiger partial charge in [0.2, 0.25) is 0 Å². The highest BCUT2D eigenvalue weighted by Crippen LogP contribution is 2.31. The summed E-state index contributed by atoms with van der Waals surface area (Å²) in [5, 5.41) is 6.06. The predicted octanol–water partition coefficient (Wildman–Crippen LogP) is 3.68. The van der Waals surface area contributed by atoms with Crippen molar-refractivity contribution in [2.75, 3.05) is 37.0 Å². The standard InChI is InChI=1S/C21H24ClN3O2S2/c1-25-9-6-14-2-3-16(12-15(14)7-10-25)23-20(27)21(8-11-28-13-21)24-19(26)17-4-5-18(22)29-17/h2-5,12H,6-11,13H2,1H3,(H,23,27)(H,24,26). The maximum Gasteiger partial charge on any atom is 0.262 e. The smallest absolute Gasteiger partial charge is 0.262 e. The maximum absolute atomic E-state index is 13.2. The van der Waals surface area contributed by atoms with E-state index in [-0.39, 0.29) is 11.8 Å².